The van der Waals surface area contributed by atoms with Crippen molar-refractivity contribution in [3.05, 3.63) is 47.7 Å². The van der Waals surface area contributed by atoms with Gasteiger partial charge in [0.25, 0.3) is 0 Å². The molecular formula is C14H15NO3. The lowest BCUT2D eigenvalue weighted by atomic mass is 10.2. The van der Waals surface area contributed by atoms with Crippen molar-refractivity contribution >= 4 is 6.29 Å². The minimum atomic E-state index is 0.285. The van der Waals surface area contributed by atoms with Crippen molar-refractivity contribution in [2.75, 3.05) is 0 Å². The number of hydrogen-bond donors (Lipinski definition) is 0. The smallest absolute Gasteiger partial charge is 0.232 e. The van der Waals surface area contributed by atoms with Crippen LogP contribution in [0.5, 0.6) is 5.75 Å². The average Bonchev–Trinajstić information content (AvgIpc) is 2.86. The predicted octanol–water partition coefficient (Wildman–Crippen LogP) is 3.19. The Kier molecular flexibility index (Phi) is 3.77. The number of hydrogen-bond acceptors (Lipinski definition) is 4. The molecule has 0 unspecified atom stereocenters. The fourth-order valence-electron chi connectivity index (χ4n) is 1.45. The summed E-state index contributed by atoms with van der Waals surface area (Å²) >= 11 is 0. The first-order chi connectivity index (χ1) is 8.69. The van der Waals surface area contributed by atoms with E-state index >= 15 is 0 Å². The summed E-state index contributed by atoms with van der Waals surface area (Å²) in [5.74, 6) is 2.41. The van der Waals surface area contributed by atoms with Gasteiger partial charge in [-0.1, -0.05) is 13.8 Å². The molecule has 0 amide bonds. The molecule has 0 bridgehead atoms. The number of carbonyl (C=O) groups excluding carboxylic acids is 1. The largest absolute Gasteiger partial charge is 0.484 e. The van der Waals surface area contributed by atoms with Gasteiger partial charge in [0, 0.05) is 11.5 Å². The van der Waals surface area contributed by atoms with Gasteiger partial charge in [-0.3, -0.25) is 4.79 Å². The van der Waals surface area contributed by atoms with Gasteiger partial charge in [0.15, 0.2) is 6.61 Å². The molecule has 18 heavy (non-hydrogen) atoms. The van der Waals surface area contributed by atoms with Crippen LogP contribution in [0.25, 0.3) is 0 Å². The van der Waals surface area contributed by atoms with Crippen LogP contribution in [0, 0.1) is 0 Å². The molecule has 0 saturated carbocycles. The number of carbonyl (C=O) groups is 1. The van der Waals surface area contributed by atoms with Crippen LogP contribution in [-0.2, 0) is 6.61 Å². The van der Waals surface area contributed by atoms with Crippen molar-refractivity contribution in [2.24, 2.45) is 0 Å². The molecule has 1 aromatic heterocycles. The molecule has 0 aliphatic heterocycles. The van der Waals surface area contributed by atoms with Gasteiger partial charge >= 0.3 is 0 Å². The molecule has 0 radical (unpaired) electrons. The molecule has 4 heteroatoms. The maximum Gasteiger partial charge on any atom is 0.232 e. The molecule has 0 aliphatic carbocycles. The van der Waals surface area contributed by atoms with E-state index in [0.29, 0.717) is 23.1 Å². The van der Waals surface area contributed by atoms with Gasteiger partial charge in [0.1, 0.15) is 17.8 Å². The second-order valence-corrected chi connectivity index (χ2v) is 4.29. The molecule has 2 aromatic rings. The Morgan fingerprint density at radius 3 is 2.61 bits per heavy atom. The van der Waals surface area contributed by atoms with Crippen LogP contribution in [0.3, 0.4) is 0 Å². The lowest BCUT2D eigenvalue weighted by molar-refractivity contribution is 0.112. The van der Waals surface area contributed by atoms with Gasteiger partial charge in [-0.2, -0.15) is 0 Å². The van der Waals surface area contributed by atoms with Crippen LogP contribution in [0.15, 0.2) is 34.9 Å². The van der Waals surface area contributed by atoms with Crippen LogP contribution < -0.4 is 4.74 Å². The zero-order chi connectivity index (χ0) is 13.0. The lowest BCUT2D eigenvalue weighted by Crippen LogP contribution is -1.95. The van der Waals surface area contributed by atoms with Crippen molar-refractivity contribution < 1.29 is 13.9 Å². The fourth-order valence-corrected chi connectivity index (χ4v) is 1.45. The van der Waals surface area contributed by atoms with Crippen molar-refractivity contribution in [2.45, 2.75) is 26.4 Å². The molecule has 0 fully saturated rings. The minimum Gasteiger partial charge on any atom is -0.484 e. The molecule has 4 nitrogen and oxygen atoms in total. The highest BCUT2D eigenvalue weighted by atomic mass is 16.5. The first-order valence-electron chi connectivity index (χ1n) is 5.81. The normalized spacial score (nSPS) is 10.6. The number of ether oxygens (including phenoxy) is 1. The Hall–Kier alpha value is -2.10. The summed E-state index contributed by atoms with van der Waals surface area (Å²) in [5, 5.41) is 0. The quantitative estimate of drug-likeness (QED) is 0.759. The van der Waals surface area contributed by atoms with E-state index in [1.54, 1.807) is 30.5 Å². The van der Waals surface area contributed by atoms with E-state index in [-0.39, 0.29) is 6.61 Å². The summed E-state index contributed by atoms with van der Waals surface area (Å²) in [6, 6.07) is 6.90. The zero-order valence-corrected chi connectivity index (χ0v) is 10.4. The van der Waals surface area contributed by atoms with Crippen LogP contribution in [0.4, 0.5) is 0 Å². The Morgan fingerprint density at radius 1 is 1.33 bits per heavy atom. The third kappa shape index (κ3) is 2.97. The van der Waals surface area contributed by atoms with Crippen molar-refractivity contribution in [1.29, 1.82) is 0 Å². The van der Waals surface area contributed by atoms with E-state index in [0.717, 1.165) is 12.0 Å². The molecule has 0 spiro atoms. The number of benzene rings is 1. The first-order valence-corrected chi connectivity index (χ1v) is 5.81. The summed E-state index contributed by atoms with van der Waals surface area (Å²) in [6.07, 6.45) is 2.52. The lowest BCUT2D eigenvalue weighted by Gasteiger charge is -2.03. The molecule has 0 atom stereocenters. The molecule has 1 aromatic carbocycles. The van der Waals surface area contributed by atoms with E-state index in [4.69, 9.17) is 9.15 Å². The highest BCUT2D eigenvalue weighted by Gasteiger charge is 2.07. The van der Waals surface area contributed by atoms with Crippen LogP contribution in [-0.4, -0.2) is 11.3 Å². The Balaban J connectivity index is 1.95. The van der Waals surface area contributed by atoms with Gasteiger partial charge in [-0.25, -0.2) is 4.98 Å². The number of oxazole rings is 1. The molecule has 1 heterocycles. The Morgan fingerprint density at radius 2 is 2.06 bits per heavy atom. The van der Waals surface area contributed by atoms with Crippen molar-refractivity contribution in [1.82, 2.24) is 4.98 Å². The SMILES string of the molecule is CC(C)c1cnc(COc2ccc(C=O)cc2)o1. The van der Waals surface area contributed by atoms with Gasteiger partial charge in [-0.05, 0) is 24.3 Å². The Labute approximate surface area is 106 Å². The zero-order valence-electron chi connectivity index (χ0n) is 10.4. The summed E-state index contributed by atoms with van der Waals surface area (Å²) in [7, 11) is 0. The van der Waals surface area contributed by atoms with E-state index in [1.807, 2.05) is 13.8 Å². The summed E-state index contributed by atoms with van der Waals surface area (Å²) in [4.78, 5) is 14.6. The van der Waals surface area contributed by atoms with Gasteiger partial charge in [0.05, 0.1) is 6.20 Å². The van der Waals surface area contributed by atoms with E-state index in [2.05, 4.69) is 4.98 Å². The second-order valence-electron chi connectivity index (χ2n) is 4.29. The van der Waals surface area contributed by atoms with Crippen molar-refractivity contribution in [3.8, 4) is 5.75 Å². The van der Waals surface area contributed by atoms with Crippen LogP contribution in [0.2, 0.25) is 0 Å². The third-order valence-corrected chi connectivity index (χ3v) is 2.52. The third-order valence-electron chi connectivity index (χ3n) is 2.52. The molecule has 0 N–H and O–H groups in total. The fraction of sp³-hybridized carbons (Fsp3) is 0.286. The number of aldehydes is 1. The summed E-state index contributed by atoms with van der Waals surface area (Å²) in [6.45, 7) is 4.37. The topological polar surface area (TPSA) is 52.3 Å². The molecule has 0 aliphatic rings. The van der Waals surface area contributed by atoms with Gasteiger partial charge in [-0.15, -0.1) is 0 Å². The molecular weight excluding hydrogens is 230 g/mol. The number of nitrogens with zero attached hydrogens (tertiary/aromatic N) is 1. The van der Waals surface area contributed by atoms with E-state index in [1.165, 1.54) is 0 Å². The van der Waals surface area contributed by atoms with Gasteiger partial charge in [0.2, 0.25) is 5.89 Å². The van der Waals surface area contributed by atoms with E-state index < -0.39 is 0 Å². The number of aromatic nitrogens is 1. The Bertz CT molecular complexity index is 514. The average molecular weight is 245 g/mol. The van der Waals surface area contributed by atoms with Crippen LogP contribution in [0.1, 0.15) is 41.8 Å². The highest BCUT2D eigenvalue weighted by Crippen LogP contribution is 2.17. The highest BCUT2D eigenvalue weighted by molar-refractivity contribution is 5.74. The monoisotopic (exact) mass is 245 g/mol. The first kappa shape index (κ1) is 12.4. The minimum absolute atomic E-state index is 0.285. The predicted molar refractivity (Wildman–Crippen MR) is 66.8 cm³/mol. The molecule has 2 rings (SSSR count). The maximum absolute atomic E-state index is 10.5. The standard InChI is InChI=1S/C14H15NO3/c1-10(2)13-7-15-14(18-13)9-17-12-5-3-11(8-16)4-6-12/h3-8,10H,9H2,1-2H3. The van der Waals surface area contributed by atoms with Crippen molar-refractivity contribution in [3.63, 3.8) is 0 Å². The maximum atomic E-state index is 10.5. The van der Waals surface area contributed by atoms with Crippen LogP contribution >= 0.6 is 0 Å². The number of rotatable bonds is 5. The van der Waals surface area contributed by atoms with Gasteiger partial charge < -0.3 is 9.15 Å². The summed E-state index contributed by atoms with van der Waals surface area (Å²) in [5.41, 5.74) is 0.626. The molecule has 0 saturated heterocycles. The second kappa shape index (κ2) is 5.49. The summed E-state index contributed by atoms with van der Waals surface area (Å²) < 4.78 is 11.0. The molecule has 94 valence electrons. The van der Waals surface area contributed by atoms with E-state index in [9.17, 15) is 4.79 Å².